The quantitative estimate of drug-likeness (QED) is 0.635. The fourth-order valence-electron chi connectivity index (χ4n) is 1.49. The molecule has 1 aromatic rings. The summed E-state index contributed by atoms with van der Waals surface area (Å²) < 4.78 is 6.70. The van der Waals surface area contributed by atoms with E-state index in [2.05, 4.69) is 10.3 Å². The maximum Gasteiger partial charge on any atom is 0.105 e. The van der Waals surface area contributed by atoms with E-state index in [9.17, 15) is 5.11 Å². The van der Waals surface area contributed by atoms with Crippen molar-refractivity contribution in [1.82, 2.24) is 15.0 Å². The number of aliphatic hydroxyl groups is 2. The lowest BCUT2D eigenvalue weighted by atomic mass is 10.2. The van der Waals surface area contributed by atoms with Gasteiger partial charge in [-0.1, -0.05) is 5.21 Å². The molecule has 1 fully saturated rings. The summed E-state index contributed by atoms with van der Waals surface area (Å²) in [6.07, 6.45) is 1.71. The first kappa shape index (κ1) is 9.57. The van der Waals surface area contributed by atoms with Crippen molar-refractivity contribution in [3.63, 3.8) is 0 Å². The molecule has 0 spiro atoms. The van der Waals surface area contributed by atoms with Crippen LogP contribution in [0.1, 0.15) is 11.7 Å². The molecule has 0 aliphatic carbocycles. The third-order valence-corrected chi connectivity index (χ3v) is 2.29. The van der Waals surface area contributed by atoms with Gasteiger partial charge in [-0.25, -0.2) is 4.68 Å². The van der Waals surface area contributed by atoms with Crippen molar-refractivity contribution >= 4 is 0 Å². The number of nitrogens with zero attached hydrogens (tertiary/aromatic N) is 3. The van der Waals surface area contributed by atoms with Crippen LogP contribution in [-0.2, 0) is 11.2 Å². The fourth-order valence-corrected chi connectivity index (χ4v) is 1.49. The molecule has 2 heterocycles. The Labute approximate surface area is 81.1 Å². The molecule has 6 heteroatoms. The summed E-state index contributed by atoms with van der Waals surface area (Å²) in [5.74, 6) is 0. The smallest absolute Gasteiger partial charge is 0.105 e. The lowest BCUT2D eigenvalue weighted by Gasteiger charge is -2.10. The SMILES string of the molecule is OCCc1cn([C@@H]2COC[C@H]2O)nn1. The molecular weight excluding hydrogens is 186 g/mol. The van der Waals surface area contributed by atoms with Crippen LogP contribution in [0.3, 0.4) is 0 Å². The lowest BCUT2D eigenvalue weighted by molar-refractivity contribution is 0.117. The van der Waals surface area contributed by atoms with Gasteiger partial charge >= 0.3 is 0 Å². The van der Waals surface area contributed by atoms with Gasteiger partial charge in [0.2, 0.25) is 0 Å². The third-order valence-electron chi connectivity index (χ3n) is 2.29. The van der Waals surface area contributed by atoms with Crippen LogP contribution in [0.5, 0.6) is 0 Å². The Morgan fingerprint density at radius 3 is 3.07 bits per heavy atom. The van der Waals surface area contributed by atoms with Crippen LogP contribution in [0.2, 0.25) is 0 Å². The number of aromatic nitrogens is 3. The summed E-state index contributed by atoms with van der Waals surface area (Å²) in [5, 5.41) is 26.0. The van der Waals surface area contributed by atoms with Crippen molar-refractivity contribution in [2.45, 2.75) is 18.6 Å². The van der Waals surface area contributed by atoms with Crippen molar-refractivity contribution < 1.29 is 14.9 Å². The molecule has 6 nitrogen and oxygen atoms in total. The highest BCUT2D eigenvalue weighted by molar-refractivity contribution is 4.95. The van der Waals surface area contributed by atoms with E-state index in [1.54, 1.807) is 10.9 Å². The number of hydrogen-bond acceptors (Lipinski definition) is 5. The zero-order valence-electron chi connectivity index (χ0n) is 7.70. The molecule has 1 aromatic heterocycles. The van der Waals surface area contributed by atoms with Crippen LogP contribution in [0, 0.1) is 0 Å². The summed E-state index contributed by atoms with van der Waals surface area (Å²) in [5.41, 5.74) is 0.728. The average molecular weight is 199 g/mol. The van der Waals surface area contributed by atoms with E-state index in [4.69, 9.17) is 9.84 Å². The van der Waals surface area contributed by atoms with Crippen LogP contribution in [0.15, 0.2) is 6.20 Å². The molecule has 1 aliphatic rings. The standard InChI is InChI=1S/C8H13N3O3/c12-2-1-6-3-11(10-9-6)7-4-14-5-8(7)13/h3,7-8,12-13H,1-2,4-5H2/t7-,8-/m1/s1. The van der Waals surface area contributed by atoms with Gasteiger partial charge in [0.15, 0.2) is 0 Å². The minimum Gasteiger partial charge on any atom is -0.396 e. The van der Waals surface area contributed by atoms with E-state index in [1.807, 2.05) is 0 Å². The van der Waals surface area contributed by atoms with E-state index in [0.717, 1.165) is 5.69 Å². The molecular formula is C8H13N3O3. The molecule has 0 unspecified atom stereocenters. The summed E-state index contributed by atoms with van der Waals surface area (Å²) in [6, 6.07) is -0.144. The average Bonchev–Trinajstić information content (AvgIpc) is 2.74. The number of aliphatic hydroxyl groups excluding tert-OH is 2. The van der Waals surface area contributed by atoms with Gasteiger partial charge in [-0.2, -0.15) is 0 Å². The molecule has 2 N–H and O–H groups in total. The normalized spacial score (nSPS) is 27.0. The summed E-state index contributed by atoms with van der Waals surface area (Å²) in [6.45, 7) is 0.866. The molecule has 1 aliphatic heterocycles. The van der Waals surface area contributed by atoms with Gasteiger partial charge in [-0.3, -0.25) is 0 Å². The minimum atomic E-state index is -0.515. The first-order valence-electron chi connectivity index (χ1n) is 4.58. The zero-order chi connectivity index (χ0) is 9.97. The minimum absolute atomic E-state index is 0.0579. The highest BCUT2D eigenvalue weighted by atomic mass is 16.5. The molecule has 0 amide bonds. The largest absolute Gasteiger partial charge is 0.396 e. The maximum absolute atomic E-state index is 9.52. The monoisotopic (exact) mass is 199 g/mol. The molecule has 0 saturated carbocycles. The lowest BCUT2D eigenvalue weighted by Crippen LogP contribution is -2.22. The van der Waals surface area contributed by atoms with E-state index in [0.29, 0.717) is 19.6 Å². The second-order valence-corrected chi connectivity index (χ2v) is 3.34. The van der Waals surface area contributed by atoms with Crippen molar-refractivity contribution in [2.75, 3.05) is 19.8 Å². The van der Waals surface area contributed by atoms with Crippen molar-refractivity contribution in [1.29, 1.82) is 0 Å². The first-order valence-corrected chi connectivity index (χ1v) is 4.58. The first-order chi connectivity index (χ1) is 6.81. The highest BCUT2D eigenvalue weighted by Crippen LogP contribution is 2.18. The Hall–Kier alpha value is -0.980. The summed E-state index contributed by atoms with van der Waals surface area (Å²) in [4.78, 5) is 0. The molecule has 14 heavy (non-hydrogen) atoms. The Morgan fingerprint density at radius 2 is 2.43 bits per heavy atom. The van der Waals surface area contributed by atoms with Crippen LogP contribution in [0.4, 0.5) is 0 Å². The van der Waals surface area contributed by atoms with Gasteiger partial charge in [0.05, 0.1) is 18.9 Å². The molecule has 1 saturated heterocycles. The van der Waals surface area contributed by atoms with Crippen LogP contribution < -0.4 is 0 Å². The van der Waals surface area contributed by atoms with Gasteiger partial charge in [0, 0.05) is 19.2 Å². The van der Waals surface area contributed by atoms with Crippen LogP contribution >= 0.6 is 0 Å². The van der Waals surface area contributed by atoms with E-state index < -0.39 is 6.10 Å². The van der Waals surface area contributed by atoms with E-state index >= 15 is 0 Å². The molecule has 2 rings (SSSR count). The van der Waals surface area contributed by atoms with Gasteiger partial charge in [-0.15, -0.1) is 5.10 Å². The Bertz CT molecular complexity index is 302. The Balaban J connectivity index is 2.08. The summed E-state index contributed by atoms with van der Waals surface area (Å²) in [7, 11) is 0. The third kappa shape index (κ3) is 1.77. The van der Waals surface area contributed by atoms with Crippen molar-refractivity contribution in [2.24, 2.45) is 0 Å². The highest BCUT2D eigenvalue weighted by Gasteiger charge is 2.28. The van der Waals surface area contributed by atoms with Gasteiger partial charge in [0.25, 0.3) is 0 Å². The van der Waals surface area contributed by atoms with E-state index in [-0.39, 0.29) is 12.6 Å². The van der Waals surface area contributed by atoms with Crippen molar-refractivity contribution in [3.05, 3.63) is 11.9 Å². The van der Waals surface area contributed by atoms with Crippen molar-refractivity contribution in [3.8, 4) is 0 Å². The Morgan fingerprint density at radius 1 is 1.57 bits per heavy atom. The predicted octanol–water partition coefficient (Wildman–Crippen LogP) is -1.25. The van der Waals surface area contributed by atoms with Gasteiger partial charge in [-0.05, 0) is 0 Å². The van der Waals surface area contributed by atoms with Crippen LogP contribution in [-0.4, -0.2) is 51.1 Å². The van der Waals surface area contributed by atoms with Gasteiger partial charge < -0.3 is 14.9 Å². The molecule has 0 aromatic carbocycles. The molecule has 2 atom stereocenters. The predicted molar refractivity (Wildman–Crippen MR) is 46.7 cm³/mol. The summed E-state index contributed by atoms with van der Waals surface area (Å²) >= 11 is 0. The molecule has 0 bridgehead atoms. The fraction of sp³-hybridized carbons (Fsp3) is 0.750. The second-order valence-electron chi connectivity index (χ2n) is 3.34. The Kier molecular flexibility index (Phi) is 2.76. The molecule has 78 valence electrons. The number of ether oxygens (including phenoxy) is 1. The topological polar surface area (TPSA) is 80.4 Å². The van der Waals surface area contributed by atoms with Gasteiger partial charge in [0.1, 0.15) is 12.1 Å². The van der Waals surface area contributed by atoms with Crippen LogP contribution in [0.25, 0.3) is 0 Å². The van der Waals surface area contributed by atoms with E-state index in [1.165, 1.54) is 0 Å². The number of rotatable bonds is 3. The maximum atomic E-state index is 9.52. The number of hydrogen-bond donors (Lipinski definition) is 2. The molecule has 0 radical (unpaired) electrons. The second kappa shape index (κ2) is 4.04. The zero-order valence-corrected chi connectivity index (χ0v) is 7.70.